The van der Waals surface area contributed by atoms with E-state index in [0.717, 1.165) is 30.7 Å². The minimum atomic E-state index is -0.0774. The zero-order valence-corrected chi connectivity index (χ0v) is 12.7. The highest BCUT2D eigenvalue weighted by Crippen LogP contribution is 2.31. The summed E-state index contributed by atoms with van der Waals surface area (Å²) in [6, 6.07) is 8.43. The van der Waals surface area contributed by atoms with Crippen molar-refractivity contribution >= 4 is 5.69 Å². The van der Waals surface area contributed by atoms with Crippen LogP contribution >= 0.6 is 0 Å². The lowest BCUT2D eigenvalue weighted by molar-refractivity contribution is -0.0553. The zero-order chi connectivity index (χ0) is 14.9. The fourth-order valence-corrected chi connectivity index (χ4v) is 2.78. The maximum Gasteiger partial charge on any atom is 0.260 e. The number of ether oxygens (including phenoxy) is 1. The van der Waals surface area contributed by atoms with E-state index in [4.69, 9.17) is 9.26 Å². The van der Waals surface area contributed by atoms with Crippen LogP contribution in [0.5, 0.6) is 0 Å². The van der Waals surface area contributed by atoms with Gasteiger partial charge in [0, 0.05) is 18.3 Å². The predicted molar refractivity (Wildman–Crippen MR) is 81.1 cm³/mol. The SMILES string of the molecule is Cc1noc(-c2ccccc2NC2CCOC(C)(C)C2)n1. The third-order valence-electron chi connectivity index (χ3n) is 3.74. The van der Waals surface area contributed by atoms with E-state index in [0.29, 0.717) is 17.8 Å². The second kappa shape index (κ2) is 5.48. The van der Waals surface area contributed by atoms with Crippen LogP contribution < -0.4 is 5.32 Å². The Morgan fingerprint density at radius 2 is 2.10 bits per heavy atom. The van der Waals surface area contributed by atoms with E-state index in [2.05, 4.69) is 35.4 Å². The summed E-state index contributed by atoms with van der Waals surface area (Å²) in [6.07, 6.45) is 1.98. The van der Waals surface area contributed by atoms with Gasteiger partial charge >= 0.3 is 0 Å². The topological polar surface area (TPSA) is 60.2 Å². The molecule has 0 aliphatic carbocycles. The molecule has 1 saturated heterocycles. The van der Waals surface area contributed by atoms with Crippen LogP contribution in [0.2, 0.25) is 0 Å². The Morgan fingerprint density at radius 1 is 1.29 bits per heavy atom. The minimum Gasteiger partial charge on any atom is -0.381 e. The Kier molecular flexibility index (Phi) is 3.68. The molecule has 0 saturated carbocycles. The van der Waals surface area contributed by atoms with E-state index >= 15 is 0 Å². The van der Waals surface area contributed by atoms with E-state index in [1.807, 2.05) is 25.1 Å². The van der Waals surface area contributed by atoms with Crippen LogP contribution in [0, 0.1) is 6.92 Å². The van der Waals surface area contributed by atoms with Gasteiger partial charge in [0.25, 0.3) is 5.89 Å². The second-order valence-corrected chi connectivity index (χ2v) is 6.13. The molecule has 0 spiro atoms. The van der Waals surface area contributed by atoms with Gasteiger partial charge in [0.15, 0.2) is 5.82 Å². The highest BCUT2D eigenvalue weighted by atomic mass is 16.5. The average molecular weight is 287 g/mol. The molecule has 1 aromatic carbocycles. The highest BCUT2D eigenvalue weighted by Gasteiger charge is 2.29. The third-order valence-corrected chi connectivity index (χ3v) is 3.74. The highest BCUT2D eigenvalue weighted by molar-refractivity contribution is 5.72. The summed E-state index contributed by atoms with van der Waals surface area (Å²) in [5.41, 5.74) is 1.90. The molecule has 112 valence electrons. The van der Waals surface area contributed by atoms with E-state index in [1.165, 1.54) is 0 Å². The van der Waals surface area contributed by atoms with Gasteiger partial charge in [-0.15, -0.1) is 0 Å². The van der Waals surface area contributed by atoms with Crippen molar-refractivity contribution in [1.29, 1.82) is 0 Å². The van der Waals surface area contributed by atoms with Crippen LogP contribution in [0.3, 0.4) is 0 Å². The normalized spacial score (nSPS) is 21.2. The van der Waals surface area contributed by atoms with E-state index in [9.17, 15) is 0 Å². The molecule has 5 heteroatoms. The quantitative estimate of drug-likeness (QED) is 0.937. The van der Waals surface area contributed by atoms with Crippen molar-refractivity contribution in [2.75, 3.05) is 11.9 Å². The Labute approximate surface area is 124 Å². The lowest BCUT2D eigenvalue weighted by Gasteiger charge is -2.36. The first-order valence-electron chi connectivity index (χ1n) is 7.34. The summed E-state index contributed by atoms with van der Waals surface area (Å²) in [4.78, 5) is 4.32. The van der Waals surface area contributed by atoms with Gasteiger partial charge in [-0.25, -0.2) is 0 Å². The van der Waals surface area contributed by atoms with Gasteiger partial charge in [-0.2, -0.15) is 4.98 Å². The first-order valence-corrected chi connectivity index (χ1v) is 7.34. The van der Waals surface area contributed by atoms with E-state index in [1.54, 1.807) is 0 Å². The summed E-state index contributed by atoms with van der Waals surface area (Å²) in [6.45, 7) is 6.87. The first kappa shape index (κ1) is 14.1. The molecule has 1 aliphatic heterocycles. The maximum absolute atomic E-state index is 5.77. The largest absolute Gasteiger partial charge is 0.381 e. The molecule has 2 aromatic rings. The van der Waals surface area contributed by atoms with Crippen molar-refractivity contribution in [2.24, 2.45) is 0 Å². The number of anilines is 1. The summed E-state index contributed by atoms with van der Waals surface area (Å²) in [5, 5.41) is 7.48. The van der Waals surface area contributed by atoms with Crippen LogP contribution in [0.4, 0.5) is 5.69 Å². The molecule has 0 bridgehead atoms. The average Bonchev–Trinajstić information content (AvgIpc) is 2.85. The molecule has 2 heterocycles. The molecule has 1 atom stereocenters. The van der Waals surface area contributed by atoms with Crippen molar-refractivity contribution in [2.45, 2.75) is 45.3 Å². The Bertz CT molecular complexity index is 621. The smallest absolute Gasteiger partial charge is 0.260 e. The van der Waals surface area contributed by atoms with E-state index in [-0.39, 0.29) is 5.60 Å². The number of aryl methyl sites for hydroxylation is 1. The Morgan fingerprint density at radius 3 is 2.81 bits per heavy atom. The Balaban J connectivity index is 1.83. The summed E-state index contributed by atoms with van der Waals surface area (Å²) in [5.74, 6) is 1.20. The van der Waals surface area contributed by atoms with Crippen LogP contribution in [-0.2, 0) is 4.74 Å². The van der Waals surface area contributed by atoms with Crippen molar-refractivity contribution in [3.8, 4) is 11.5 Å². The molecular formula is C16H21N3O2. The van der Waals surface area contributed by atoms with Gasteiger partial charge in [0.1, 0.15) is 0 Å². The summed E-state index contributed by atoms with van der Waals surface area (Å²) in [7, 11) is 0. The third kappa shape index (κ3) is 3.24. The van der Waals surface area contributed by atoms with Crippen molar-refractivity contribution < 1.29 is 9.26 Å². The van der Waals surface area contributed by atoms with E-state index < -0.39 is 0 Å². The molecule has 3 rings (SSSR count). The second-order valence-electron chi connectivity index (χ2n) is 6.13. The number of hydrogen-bond acceptors (Lipinski definition) is 5. The lowest BCUT2D eigenvalue weighted by atomic mass is 9.93. The standard InChI is InChI=1S/C16H21N3O2/c1-11-17-15(21-19-11)13-6-4-5-7-14(13)18-12-8-9-20-16(2,3)10-12/h4-7,12,18H,8-10H2,1-3H3. The van der Waals surface area contributed by atoms with Crippen LogP contribution in [0.1, 0.15) is 32.5 Å². The summed E-state index contributed by atoms with van der Waals surface area (Å²) < 4.78 is 11.1. The molecule has 5 nitrogen and oxygen atoms in total. The van der Waals surface area contributed by atoms with Gasteiger partial charge in [-0.05, 0) is 45.7 Å². The number of nitrogens with one attached hydrogen (secondary N) is 1. The number of rotatable bonds is 3. The van der Waals surface area contributed by atoms with Gasteiger partial charge in [-0.3, -0.25) is 0 Å². The zero-order valence-electron chi connectivity index (χ0n) is 12.7. The lowest BCUT2D eigenvalue weighted by Crippen LogP contribution is -2.40. The number of benzene rings is 1. The molecule has 1 N–H and O–H groups in total. The number of aromatic nitrogens is 2. The van der Waals surface area contributed by atoms with Gasteiger partial charge in [-0.1, -0.05) is 17.3 Å². The van der Waals surface area contributed by atoms with Crippen LogP contribution in [-0.4, -0.2) is 28.4 Å². The van der Waals surface area contributed by atoms with Crippen LogP contribution in [0.15, 0.2) is 28.8 Å². The number of para-hydroxylation sites is 1. The maximum atomic E-state index is 5.77. The monoisotopic (exact) mass is 287 g/mol. The molecule has 21 heavy (non-hydrogen) atoms. The molecule has 1 aromatic heterocycles. The van der Waals surface area contributed by atoms with Crippen molar-refractivity contribution in [1.82, 2.24) is 10.1 Å². The molecule has 1 aliphatic rings. The van der Waals surface area contributed by atoms with Crippen molar-refractivity contribution in [3.63, 3.8) is 0 Å². The number of hydrogen-bond donors (Lipinski definition) is 1. The predicted octanol–water partition coefficient (Wildman–Crippen LogP) is 3.41. The molecule has 0 radical (unpaired) electrons. The Hall–Kier alpha value is -1.88. The molecule has 1 unspecified atom stereocenters. The first-order chi connectivity index (χ1) is 10.0. The summed E-state index contributed by atoms with van der Waals surface area (Å²) >= 11 is 0. The minimum absolute atomic E-state index is 0.0774. The van der Waals surface area contributed by atoms with Crippen LogP contribution in [0.25, 0.3) is 11.5 Å². The fraction of sp³-hybridized carbons (Fsp3) is 0.500. The van der Waals surface area contributed by atoms with Gasteiger partial charge < -0.3 is 14.6 Å². The van der Waals surface area contributed by atoms with Crippen molar-refractivity contribution in [3.05, 3.63) is 30.1 Å². The van der Waals surface area contributed by atoms with Gasteiger partial charge in [0.2, 0.25) is 0 Å². The molecule has 0 amide bonds. The molecular weight excluding hydrogens is 266 g/mol. The van der Waals surface area contributed by atoms with Gasteiger partial charge in [0.05, 0.1) is 11.2 Å². The molecule has 1 fully saturated rings. The fourth-order valence-electron chi connectivity index (χ4n) is 2.78. The number of nitrogens with zero attached hydrogens (tertiary/aromatic N) is 2.